The molecule has 1 aromatic rings. The van der Waals surface area contributed by atoms with Gasteiger partial charge in [-0.3, -0.25) is 10.3 Å². The molecule has 9 nitrogen and oxygen atoms in total. The molecule has 2 amide bonds. The number of urea groups is 1. The Bertz CT molecular complexity index is 918. The van der Waals surface area contributed by atoms with Crippen LogP contribution in [0.5, 0.6) is 11.5 Å². The Labute approximate surface area is 196 Å². The van der Waals surface area contributed by atoms with Crippen molar-refractivity contribution >= 4 is 11.7 Å². The van der Waals surface area contributed by atoms with Gasteiger partial charge in [-0.1, -0.05) is 0 Å². The molecule has 4 aliphatic heterocycles. The number of ether oxygens (including phenoxy) is 4. The van der Waals surface area contributed by atoms with E-state index in [9.17, 15) is 13.6 Å². The summed E-state index contributed by atoms with van der Waals surface area (Å²) < 4.78 is 47.7. The van der Waals surface area contributed by atoms with E-state index in [2.05, 4.69) is 5.48 Å². The number of nitrogens with one attached hydrogen (secondary N) is 1. The van der Waals surface area contributed by atoms with E-state index in [4.69, 9.17) is 23.8 Å². The smallest absolute Gasteiger partial charge is 0.387 e. The highest BCUT2D eigenvalue weighted by atomic mass is 19.3. The van der Waals surface area contributed by atoms with Crippen molar-refractivity contribution in [2.75, 3.05) is 52.6 Å². The first-order valence-electron chi connectivity index (χ1n) is 11.6. The maximum absolute atomic E-state index is 13.1. The van der Waals surface area contributed by atoms with E-state index in [0.29, 0.717) is 64.7 Å². The Kier molecular flexibility index (Phi) is 6.75. The van der Waals surface area contributed by atoms with Gasteiger partial charge in [0.25, 0.3) is 0 Å². The molecule has 4 heterocycles. The number of amides is 2. The van der Waals surface area contributed by atoms with Crippen molar-refractivity contribution in [3.05, 3.63) is 29.8 Å². The summed E-state index contributed by atoms with van der Waals surface area (Å²) in [7, 11) is 0. The zero-order chi connectivity index (χ0) is 23.5. The molecular formula is C23H29F2N3O6. The first-order chi connectivity index (χ1) is 16.5. The number of benzene rings is 1. The van der Waals surface area contributed by atoms with Crippen molar-refractivity contribution < 1.29 is 37.4 Å². The van der Waals surface area contributed by atoms with Gasteiger partial charge in [-0.15, -0.1) is 0 Å². The Balaban J connectivity index is 1.32. The predicted molar refractivity (Wildman–Crippen MR) is 116 cm³/mol. The predicted octanol–water partition coefficient (Wildman–Crippen LogP) is 2.62. The molecule has 1 aromatic carbocycles. The molecule has 0 aromatic heterocycles. The third-order valence-electron chi connectivity index (χ3n) is 6.48. The van der Waals surface area contributed by atoms with Gasteiger partial charge in [0, 0.05) is 38.2 Å². The highest BCUT2D eigenvalue weighted by Crippen LogP contribution is 2.37. The van der Waals surface area contributed by atoms with E-state index in [-0.39, 0.29) is 23.6 Å². The molecule has 0 bridgehead atoms. The summed E-state index contributed by atoms with van der Waals surface area (Å²) in [6, 6.07) is 4.76. The number of alkyl halides is 2. The van der Waals surface area contributed by atoms with Crippen LogP contribution in [0.1, 0.15) is 24.8 Å². The maximum Gasteiger partial charge on any atom is 0.387 e. The fourth-order valence-corrected chi connectivity index (χ4v) is 4.68. The quantitative estimate of drug-likeness (QED) is 0.693. The van der Waals surface area contributed by atoms with Gasteiger partial charge < -0.3 is 28.7 Å². The number of morpholine rings is 1. The highest BCUT2D eigenvalue weighted by Gasteiger charge is 2.39. The van der Waals surface area contributed by atoms with Crippen molar-refractivity contribution in [3.8, 4) is 11.5 Å². The van der Waals surface area contributed by atoms with Crippen LogP contribution in [0, 0.1) is 0 Å². The van der Waals surface area contributed by atoms with E-state index in [0.717, 1.165) is 18.4 Å². The van der Waals surface area contributed by atoms with Gasteiger partial charge in [0.15, 0.2) is 11.5 Å². The molecule has 0 radical (unpaired) electrons. The minimum absolute atomic E-state index is 0.0454. The van der Waals surface area contributed by atoms with Crippen LogP contribution in [0.2, 0.25) is 0 Å². The van der Waals surface area contributed by atoms with Crippen LogP contribution in [0.4, 0.5) is 13.6 Å². The lowest BCUT2D eigenvalue weighted by Crippen LogP contribution is -2.52. The van der Waals surface area contributed by atoms with Crippen LogP contribution < -0.4 is 15.0 Å². The lowest BCUT2D eigenvalue weighted by Gasteiger charge is -2.37. The van der Waals surface area contributed by atoms with Crippen molar-refractivity contribution in [1.29, 1.82) is 0 Å². The third kappa shape index (κ3) is 5.06. The van der Waals surface area contributed by atoms with E-state index in [1.165, 1.54) is 6.07 Å². The molecule has 186 valence electrons. The number of hydroxylamine groups is 1. The Hall–Kier alpha value is -2.63. The Morgan fingerprint density at radius 1 is 1.12 bits per heavy atom. The number of likely N-dealkylation sites (tertiary alicyclic amines) is 1. The van der Waals surface area contributed by atoms with Crippen LogP contribution in [0.3, 0.4) is 0 Å². The highest BCUT2D eigenvalue weighted by molar-refractivity contribution is 5.74. The third-order valence-corrected chi connectivity index (χ3v) is 6.48. The average Bonchev–Trinajstić information content (AvgIpc) is 3.50. The van der Waals surface area contributed by atoms with Crippen molar-refractivity contribution in [3.63, 3.8) is 0 Å². The van der Waals surface area contributed by atoms with E-state index in [1.54, 1.807) is 21.9 Å². The Morgan fingerprint density at radius 2 is 1.97 bits per heavy atom. The monoisotopic (exact) mass is 481 g/mol. The van der Waals surface area contributed by atoms with Gasteiger partial charge in [0.05, 0.1) is 32.1 Å². The fourth-order valence-electron chi connectivity index (χ4n) is 4.68. The summed E-state index contributed by atoms with van der Waals surface area (Å²) in [5.41, 5.74) is 3.84. The molecule has 11 heteroatoms. The zero-order valence-corrected chi connectivity index (χ0v) is 18.8. The van der Waals surface area contributed by atoms with Crippen molar-refractivity contribution in [1.82, 2.24) is 15.3 Å². The largest absolute Gasteiger partial charge is 0.485 e. The summed E-state index contributed by atoms with van der Waals surface area (Å²) >= 11 is 0. The van der Waals surface area contributed by atoms with Gasteiger partial charge in [-0.25, -0.2) is 4.79 Å². The number of rotatable bonds is 5. The minimum Gasteiger partial charge on any atom is -0.485 e. The van der Waals surface area contributed by atoms with E-state index < -0.39 is 12.2 Å². The van der Waals surface area contributed by atoms with Gasteiger partial charge in [0.1, 0.15) is 11.7 Å². The molecule has 0 saturated carbocycles. The van der Waals surface area contributed by atoms with Crippen molar-refractivity contribution in [2.24, 2.45) is 0 Å². The van der Waals surface area contributed by atoms with Gasteiger partial charge >= 0.3 is 12.6 Å². The van der Waals surface area contributed by atoms with Crippen molar-refractivity contribution in [2.45, 2.75) is 37.6 Å². The van der Waals surface area contributed by atoms with E-state index >= 15 is 0 Å². The minimum atomic E-state index is -2.98. The zero-order valence-electron chi connectivity index (χ0n) is 18.8. The first kappa shape index (κ1) is 23.1. The molecule has 0 aliphatic carbocycles. The second-order valence-corrected chi connectivity index (χ2v) is 8.88. The number of carbonyl (C=O) groups is 1. The second-order valence-electron chi connectivity index (χ2n) is 8.88. The Morgan fingerprint density at radius 3 is 2.74 bits per heavy atom. The molecule has 5 rings (SSSR count). The normalized spacial score (nSPS) is 27.1. The summed E-state index contributed by atoms with van der Waals surface area (Å²) in [5, 5.41) is 0. The fraction of sp³-hybridized carbons (Fsp3) is 0.609. The number of hydrogen-bond acceptors (Lipinski definition) is 7. The van der Waals surface area contributed by atoms with Crippen LogP contribution in [0.25, 0.3) is 5.70 Å². The number of nitrogens with zero attached hydrogens (tertiary/aromatic N) is 2. The number of piperidine rings is 1. The SMILES string of the molecule is O=C(N1CCOCC1)N1CCCC(Oc2cc(C3=CC4(CCOC4)ON3)ccc2OC(F)F)C1. The van der Waals surface area contributed by atoms with E-state index in [1.807, 2.05) is 6.08 Å². The lowest BCUT2D eigenvalue weighted by molar-refractivity contribution is -0.0525. The molecule has 4 aliphatic rings. The number of halogens is 2. The van der Waals surface area contributed by atoms with Gasteiger partial charge in [-0.05, 0) is 37.1 Å². The molecular weight excluding hydrogens is 452 g/mol. The molecule has 34 heavy (non-hydrogen) atoms. The lowest BCUT2D eigenvalue weighted by atomic mass is 10.0. The topological polar surface area (TPSA) is 81.7 Å². The van der Waals surface area contributed by atoms with Gasteiger partial charge in [0.2, 0.25) is 0 Å². The van der Waals surface area contributed by atoms with Crippen LogP contribution in [-0.2, 0) is 14.3 Å². The summed E-state index contributed by atoms with van der Waals surface area (Å²) in [6.07, 6.45) is 3.81. The average molecular weight is 481 g/mol. The van der Waals surface area contributed by atoms with Gasteiger partial charge in [-0.2, -0.15) is 8.78 Å². The molecule has 3 fully saturated rings. The first-order valence-corrected chi connectivity index (χ1v) is 11.6. The van der Waals surface area contributed by atoms with Crippen LogP contribution in [0.15, 0.2) is 24.3 Å². The summed E-state index contributed by atoms with van der Waals surface area (Å²) in [4.78, 5) is 22.2. The molecule has 3 saturated heterocycles. The maximum atomic E-state index is 13.1. The van der Waals surface area contributed by atoms with Crippen LogP contribution in [-0.4, -0.2) is 86.8 Å². The second kappa shape index (κ2) is 9.93. The molecule has 2 unspecified atom stereocenters. The molecule has 1 N–H and O–H groups in total. The number of carbonyl (C=O) groups excluding carboxylic acids is 1. The summed E-state index contributed by atoms with van der Waals surface area (Å²) in [5.74, 6) is 0.156. The molecule has 2 atom stereocenters. The van der Waals surface area contributed by atoms with Crippen LogP contribution >= 0.6 is 0 Å². The standard InChI is InChI=1S/C23H29F2N3O6/c24-21(25)33-19-4-3-16(18-13-23(34-26-18)5-9-31-15-23)12-20(19)32-17-2-1-6-28(14-17)22(29)27-7-10-30-11-8-27/h3-4,12-13,17,21,26H,1-2,5-11,14-15H2. The number of hydrogen-bond donors (Lipinski definition) is 1. The molecule has 1 spiro atoms. The summed E-state index contributed by atoms with van der Waals surface area (Å²) in [6.45, 7) is 1.27.